The lowest BCUT2D eigenvalue weighted by Gasteiger charge is -1.84. The van der Waals surface area contributed by atoms with Gasteiger partial charge in [-0.25, -0.2) is 4.99 Å². The number of allylic oxidation sites excluding steroid dienone is 2. The van der Waals surface area contributed by atoms with Crippen LogP contribution in [-0.4, -0.2) is 5.84 Å². The zero-order valence-electron chi connectivity index (χ0n) is 5.83. The van der Waals surface area contributed by atoms with Crippen LogP contribution in [0.5, 0.6) is 0 Å². The largest absolute Gasteiger partial charge is 0.384 e. The van der Waals surface area contributed by atoms with E-state index in [4.69, 9.17) is 5.73 Å². The Kier molecular flexibility index (Phi) is 4.50. The van der Waals surface area contributed by atoms with Crippen molar-refractivity contribution in [3.63, 3.8) is 0 Å². The molecule has 9 heavy (non-hydrogen) atoms. The Balaban J connectivity index is 3.84. The predicted molar refractivity (Wildman–Crippen MR) is 41.3 cm³/mol. The third-order valence-electron chi connectivity index (χ3n) is 0.710. The predicted octanol–water partition coefficient (Wildman–Crippen LogP) is 1.45. The Morgan fingerprint density at radius 3 is 2.44 bits per heavy atom. The van der Waals surface area contributed by atoms with Gasteiger partial charge in [-0.2, -0.15) is 0 Å². The van der Waals surface area contributed by atoms with Crippen LogP contribution in [-0.2, 0) is 0 Å². The average Bonchev–Trinajstić information content (AvgIpc) is 1.85. The van der Waals surface area contributed by atoms with Crippen molar-refractivity contribution < 1.29 is 0 Å². The molecule has 0 saturated carbocycles. The first kappa shape index (κ1) is 7.95. The summed E-state index contributed by atoms with van der Waals surface area (Å²) in [6.45, 7) is 3.80. The van der Waals surface area contributed by atoms with E-state index in [1.165, 1.54) is 0 Å². The summed E-state index contributed by atoms with van der Waals surface area (Å²) in [6.07, 6.45) is 7.09. The molecule has 0 radical (unpaired) electrons. The minimum atomic E-state index is 0.538. The molecule has 0 bridgehead atoms. The minimum Gasteiger partial charge on any atom is -0.384 e. The van der Waals surface area contributed by atoms with E-state index in [1.54, 1.807) is 12.3 Å². The van der Waals surface area contributed by atoms with Crippen molar-refractivity contribution in [2.24, 2.45) is 10.7 Å². The lowest BCUT2D eigenvalue weighted by molar-refractivity contribution is 1.48. The van der Waals surface area contributed by atoms with Crippen molar-refractivity contribution in [2.45, 2.75) is 13.8 Å². The third-order valence-corrected chi connectivity index (χ3v) is 0.710. The van der Waals surface area contributed by atoms with Crippen LogP contribution < -0.4 is 5.73 Å². The molecule has 0 fully saturated rings. The molecule has 0 spiro atoms. The lowest BCUT2D eigenvalue weighted by atomic mass is 10.5. The number of amidine groups is 1. The molecule has 2 N–H and O–H groups in total. The fourth-order valence-corrected chi connectivity index (χ4v) is 0.374. The topological polar surface area (TPSA) is 38.4 Å². The zero-order chi connectivity index (χ0) is 7.11. The Morgan fingerprint density at radius 2 is 2.00 bits per heavy atom. The Hall–Kier alpha value is -1.05. The van der Waals surface area contributed by atoms with E-state index >= 15 is 0 Å². The summed E-state index contributed by atoms with van der Waals surface area (Å²) in [7, 11) is 0. The van der Waals surface area contributed by atoms with Crippen LogP contribution in [0.2, 0.25) is 0 Å². The molecule has 0 aromatic heterocycles. The zero-order valence-corrected chi connectivity index (χ0v) is 5.83. The molecule has 0 aliphatic heterocycles. The van der Waals surface area contributed by atoms with Crippen molar-refractivity contribution in [3.8, 4) is 0 Å². The molecule has 0 heterocycles. The molecule has 2 nitrogen and oxygen atoms in total. The average molecular weight is 124 g/mol. The van der Waals surface area contributed by atoms with Crippen LogP contribution in [0.15, 0.2) is 29.4 Å². The first-order valence-corrected chi connectivity index (χ1v) is 2.88. The molecule has 50 valence electrons. The second-order valence-corrected chi connectivity index (χ2v) is 1.54. The first-order valence-electron chi connectivity index (χ1n) is 2.88. The number of nitrogens with zero attached hydrogens (tertiary/aromatic N) is 1. The molecule has 0 rings (SSSR count). The molecule has 0 unspecified atom stereocenters. The van der Waals surface area contributed by atoms with Crippen LogP contribution in [0.3, 0.4) is 0 Å². The van der Waals surface area contributed by atoms with Crippen LogP contribution >= 0.6 is 0 Å². The Labute approximate surface area is 55.8 Å². The molecule has 2 heteroatoms. The monoisotopic (exact) mass is 124 g/mol. The Morgan fingerprint density at radius 1 is 1.33 bits per heavy atom. The van der Waals surface area contributed by atoms with Gasteiger partial charge in [0.25, 0.3) is 0 Å². The van der Waals surface area contributed by atoms with E-state index in [9.17, 15) is 0 Å². The van der Waals surface area contributed by atoms with Crippen molar-refractivity contribution in [3.05, 3.63) is 24.4 Å². The molecule has 0 aromatic rings. The number of hydrogen-bond acceptors (Lipinski definition) is 1. The summed E-state index contributed by atoms with van der Waals surface area (Å²) < 4.78 is 0. The van der Waals surface area contributed by atoms with Crippen LogP contribution in [0, 0.1) is 0 Å². The van der Waals surface area contributed by atoms with E-state index in [0.29, 0.717) is 5.84 Å². The molecule has 0 amide bonds. The summed E-state index contributed by atoms with van der Waals surface area (Å²) in [5, 5.41) is 0. The second kappa shape index (κ2) is 5.09. The number of aliphatic imine (C=N–C) groups is 1. The van der Waals surface area contributed by atoms with E-state index < -0.39 is 0 Å². The van der Waals surface area contributed by atoms with Crippen molar-refractivity contribution in [1.29, 1.82) is 0 Å². The van der Waals surface area contributed by atoms with Crippen molar-refractivity contribution in [2.75, 3.05) is 0 Å². The highest BCUT2D eigenvalue weighted by Gasteiger charge is 1.74. The highest BCUT2D eigenvalue weighted by molar-refractivity contribution is 5.91. The summed E-state index contributed by atoms with van der Waals surface area (Å²) >= 11 is 0. The maximum Gasteiger partial charge on any atom is 0.122 e. The van der Waals surface area contributed by atoms with Gasteiger partial charge >= 0.3 is 0 Å². The highest BCUT2D eigenvalue weighted by Crippen LogP contribution is 1.76. The molecule has 0 aliphatic rings. The molecule has 0 aromatic carbocycles. The van der Waals surface area contributed by atoms with Gasteiger partial charge in [0.15, 0.2) is 0 Å². The van der Waals surface area contributed by atoms with Gasteiger partial charge in [-0.05, 0) is 19.9 Å². The number of rotatable bonds is 2. The standard InChI is InChI=1S/C7H12N2/c1-3-5-7(8)9-6-4-2/h3-6H,1-2H3,(H2,8,9)/b5-3-,6-4-. The minimum absolute atomic E-state index is 0.538. The molecular weight excluding hydrogens is 112 g/mol. The van der Waals surface area contributed by atoms with Crippen molar-refractivity contribution >= 4 is 5.84 Å². The molecule has 0 aliphatic carbocycles. The van der Waals surface area contributed by atoms with Gasteiger partial charge in [0.1, 0.15) is 5.84 Å². The van der Waals surface area contributed by atoms with E-state index in [1.807, 2.05) is 26.0 Å². The second-order valence-electron chi connectivity index (χ2n) is 1.54. The Bertz CT molecular complexity index is 143. The van der Waals surface area contributed by atoms with Gasteiger partial charge < -0.3 is 5.73 Å². The van der Waals surface area contributed by atoms with Gasteiger partial charge in [0.05, 0.1) is 0 Å². The van der Waals surface area contributed by atoms with Gasteiger partial charge in [-0.3, -0.25) is 0 Å². The SMILES string of the molecule is C\C=C/N=C(N)\C=C/C. The fraction of sp³-hybridized carbons (Fsp3) is 0.286. The summed E-state index contributed by atoms with van der Waals surface area (Å²) in [5.74, 6) is 0.538. The summed E-state index contributed by atoms with van der Waals surface area (Å²) in [5.41, 5.74) is 5.38. The number of hydrogen-bond donors (Lipinski definition) is 1. The van der Waals surface area contributed by atoms with Crippen molar-refractivity contribution in [1.82, 2.24) is 0 Å². The molecular formula is C7H12N2. The van der Waals surface area contributed by atoms with E-state index in [2.05, 4.69) is 4.99 Å². The van der Waals surface area contributed by atoms with Gasteiger partial charge in [-0.1, -0.05) is 12.2 Å². The van der Waals surface area contributed by atoms with Gasteiger partial charge in [0, 0.05) is 6.20 Å². The molecule has 0 saturated heterocycles. The maximum atomic E-state index is 5.38. The maximum absolute atomic E-state index is 5.38. The summed E-state index contributed by atoms with van der Waals surface area (Å²) in [4.78, 5) is 3.86. The fourth-order valence-electron chi connectivity index (χ4n) is 0.374. The number of nitrogens with two attached hydrogens (primary N) is 1. The third kappa shape index (κ3) is 4.81. The smallest absolute Gasteiger partial charge is 0.122 e. The first-order chi connectivity index (χ1) is 4.31. The normalized spacial score (nSPS) is 13.8. The van der Waals surface area contributed by atoms with Gasteiger partial charge in [0.2, 0.25) is 0 Å². The van der Waals surface area contributed by atoms with Crippen LogP contribution in [0.1, 0.15) is 13.8 Å². The van der Waals surface area contributed by atoms with Gasteiger partial charge in [-0.15, -0.1) is 0 Å². The summed E-state index contributed by atoms with van der Waals surface area (Å²) in [6, 6.07) is 0. The van der Waals surface area contributed by atoms with Crippen LogP contribution in [0.4, 0.5) is 0 Å². The highest BCUT2D eigenvalue weighted by atomic mass is 14.8. The molecule has 0 atom stereocenters. The lowest BCUT2D eigenvalue weighted by Crippen LogP contribution is -2.05. The van der Waals surface area contributed by atoms with Crippen LogP contribution in [0.25, 0.3) is 0 Å². The quantitative estimate of drug-likeness (QED) is 0.439. The van der Waals surface area contributed by atoms with E-state index in [-0.39, 0.29) is 0 Å². The van der Waals surface area contributed by atoms with E-state index in [0.717, 1.165) is 0 Å².